The molecule has 0 radical (unpaired) electrons. The predicted octanol–water partition coefficient (Wildman–Crippen LogP) is 7.98. The molecule has 1 aliphatic rings. The Morgan fingerprint density at radius 3 is 2.00 bits per heavy atom. The number of hydrogen-bond donors (Lipinski definition) is 0. The van der Waals surface area contributed by atoms with Crippen LogP contribution in [-0.2, 0) is 6.42 Å². The molecule has 3 rings (SSSR count). The molecule has 2 aromatic rings. The molecule has 2 nitrogen and oxygen atoms in total. The molecule has 0 fully saturated rings. The summed E-state index contributed by atoms with van der Waals surface area (Å²) < 4.78 is 0. The zero-order valence-corrected chi connectivity index (χ0v) is 20.8. The van der Waals surface area contributed by atoms with Gasteiger partial charge >= 0.3 is 0 Å². The van der Waals surface area contributed by atoms with Crippen LogP contribution in [0.2, 0.25) is 0 Å². The maximum atomic E-state index is 2.70. The van der Waals surface area contributed by atoms with E-state index in [0.29, 0.717) is 12.0 Å². The van der Waals surface area contributed by atoms with Crippen LogP contribution in [-0.4, -0.2) is 28.0 Å². The van der Waals surface area contributed by atoms with Gasteiger partial charge in [-0.25, -0.2) is 0 Å². The first-order valence-corrected chi connectivity index (χ1v) is 13.0. The van der Waals surface area contributed by atoms with Crippen molar-refractivity contribution in [3.63, 3.8) is 0 Å². The lowest BCUT2D eigenvalue weighted by molar-refractivity contribution is -0.0191. The van der Waals surface area contributed by atoms with Gasteiger partial charge in [0, 0.05) is 37.3 Å². The van der Waals surface area contributed by atoms with Crippen molar-refractivity contribution < 1.29 is 0 Å². The van der Waals surface area contributed by atoms with E-state index in [9.17, 15) is 0 Å². The van der Waals surface area contributed by atoms with Gasteiger partial charge in [-0.05, 0) is 37.8 Å². The number of nitrogens with zero attached hydrogens (tertiary/aromatic N) is 2. The Morgan fingerprint density at radius 2 is 1.38 bits per heavy atom. The largest absolute Gasteiger partial charge is 0.353 e. The van der Waals surface area contributed by atoms with E-state index in [1.807, 2.05) is 0 Å². The number of hydrogen-bond acceptors (Lipinski definition) is 2. The summed E-state index contributed by atoms with van der Waals surface area (Å²) in [6.07, 6.45) is 14.9. The third kappa shape index (κ3) is 5.57. The Labute approximate surface area is 197 Å². The minimum absolute atomic E-state index is 0.0744. The van der Waals surface area contributed by atoms with Crippen molar-refractivity contribution >= 4 is 0 Å². The molecule has 1 heterocycles. The van der Waals surface area contributed by atoms with Gasteiger partial charge in [-0.15, -0.1) is 0 Å². The first-order chi connectivity index (χ1) is 15.6. The van der Waals surface area contributed by atoms with E-state index in [1.165, 1.54) is 49.7 Å². The number of rotatable bonds is 13. The molecule has 2 unspecified atom stereocenters. The zero-order chi connectivity index (χ0) is 22.8. The van der Waals surface area contributed by atoms with Crippen molar-refractivity contribution in [1.29, 1.82) is 0 Å². The van der Waals surface area contributed by atoms with Gasteiger partial charge in [0.15, 0.2) is 0 Å². The fraction of sp³-hybridized carbons (Fsp3) is 0.533. The molecular weight excluding hydrogens is 388 g/mol. The Bertz CT molecular complexity index is 798. The van der Waals surface area contributed by atoms with E-state index in [-0.39, 0.29) is 5.66 Å². The van der Waals surface area contributed by atoms with Crippen molar-refractivity contribution in [2.45, 2.75) is 96.7 Å². The van der Waals surface area contributed by atoms with E-state index in [2.05, 4.69) is 111 Å². The quantitative estimate of drug-likeness (QED) is 0.296. The minimum atomic E-state index is -0.0744. The predicted molar refractivity (Wildman–Crippen MR) is 139 cm³/mol. The molecule has 0 saturated carbocycles. The van der Waals surface area contributed by atoms with Gasteiger partial charge in [-0.3, -0.25) is 0 Å². The van der Waals surface area contributed by atoms with Crippen LogP contribution in [0.5, 0.6) is 0 Å². The van der Waals surface area contributed by atoms with Crippen molar-refractivity contribution in [1.82, 2.24) is 9.80 Å². The van der Waals surface area contributed by atoms with Crippen LogP contribution < -0.4 is 0 Å². The average Bonchev–Trinajstić information content (AvgIpc) is 3.16. The molecule has 0 aromatic heterocycles. The standard InChI is InChI=1S/C30H44N2/c1-5-7-8-9-10-17-22-31-23-24-32(26(3)4)30(31,25-27-18-13-11-14-19-27)29(6-2)28-20-15-12-16-21-28/h11-16,18-21,23-24,26,29H,5-10,17,22,25H2,1-4H3. The van der Waals surface area contributed by atoms with E-state index in [1.54, 1.807) is 0 Å². The zero-order valence-electron chi connectivity index (χ0n) is 20.8. The summed E-state index contributed by atoms with van der Waals surface area (Å²) in [4.78, 5) is 5.35. The van der Waals surface area contributed by atoms with Gasteiger partial charge in [-0.2, -0.15) is 0 Å². The first-order valence-electron chi connectivity index (χ1n) is 13.0. The lowest BCUT2D eigenvalue weighted by Crippen LogP contribution is -2.60. The first kappa shape index (κ1) is 24.4. The third-order valence-electron chi connectivity index (χ3n) is 7.14. The molecule has 1 aliphatic heterocycles. The van der Waals surface area contributed by atoms with Gasteiger partial charge in [0.1, 0.15) is 5.66 Å². The van der Waals surface area contributed by atoms with Crippen LogP contribution in [0.3, 0.4) is 0 Å². The Balaban J connectivity index is 1.95. The smallest absolute Gasteiger partial charge is 0.123 e. The molecule has 0 bridgehead atoms. The Hall–Kier alpha value is -2.22. The molecule has 174 valence electrons. The van der Waals surface area contributed by atoms with Gasteiger partial charge < -0.3 is 9.80 Å². The highest BCUT2D eigenvalue weighted by Crippen LogP contribution is 2.46. The molecule has 0 saturated heterocycles. The summed E-state index contributed by atoms with van der Waals surface area (Å²) >= 11 is 0. The van der Waals surface area contributed by atoms with E-state index < -0.39 is 0 Å². The third-order valence-corrected chi connectivity index (χ3v) is 7.14. The monoisotopic (exact) mass is 432 g/mol. The average molecular weight is 433 g/mol. The number of benzene rings is 2. The molecule has 2 atom stereocenters. The van der Waals surface area contributed by atoms with Gasteiger partial charge in [0.05, 0.1) is 0 Å². The topological polar surface area (TPSA) is 6.48 Å². The maximum absolute atomic E-state index is 2.70. The fourth-order valence-corrected chi connectivity index (χ4v) is 5.62. The van der Waals surface area contributed by atoms with Crippen LogP contribution >= 0.6 is 0 Å². The second kappa shape index (κ2) is 12.1. The molecule has 0 N–H and O–H groups in total. The fourth-order valence-electron chi connectivity index (χ4n) is 5.62. The lowest BCUT2D eigenvalue weighted by atomic mass is 9.77. The van der Waals surface area contributed by atoms with Crippen molar-refractivity contribution in [2.75, 3.05) is 6.54 Å². The highest BCUT2D eigenvalue weighted by atomic mass is 15.4. The minimum Gasteiger partial charge on any atom is -0.353 e. The number of unbranched alkanes of at least 4 members (excludes halogenated alkanes) is 5. The summed E-state index contributed by atoms with van der Waals surface area (Å²) in [5, 5.41) is 0. The van der Waals surface area contributed by atoms with Crippen LogP contribution in [0.15, 0.2) is 73.1 Å². The maximum Gasteiger partial charge on any atom is 0.123 e. The van der Waals surface area contributed by atoms with E-state index in [0.717, 1.165) is 19.4 Å². The highest BCUT2D eigenvalue weighted by molar-refractivity contribution is 5.30. The molecule has 0 spiro atoms. The van der Waals surface area contributed by atoms with Crippen molar-refractivity contribution in [2.24, 2.45) is 0 Å². The SMILES string of the molecule is CCCCCCCCN1C=CN(C(C)C)C1(Cc1ccccc1)C(CC)c1ccccc1. The normalized spacial score (nSPS) is 19.2. The molecule has 32 heavy (non-hydrogen) atoms. The summed E-state index contributed by atoms with van der Waals surface area (Å²) in [5.41, 5.74) is 2.80. The van der Waals surface area contributed by atoms with Gasteiger partial charge in [0.25, 0.3) is 0 Å². The molecular formula is C30H44N2. The van der Waals surface area contributed by atoms with Crippen LogP contribution in [0.1, 0.15) is 89.7 Å². The summed E-state index contributed by atoms with van der Waals surface area (Å²) in [6, 6.07) is 22.8. The second-order valence-electron chi connectivity index (χ2n) is 9.67. The van der Waals surface area contributed by atoms with Gasteiger partial charge in [0.2, 0.25) is 0 Å². The van der Waals surface area contributed by atoms with Crippen LogP contribution in [0.4, 0.5) is 0 Å². The Morgan fingerprint density at radius 1 is 0.750 bits per heavy atom. The van der Waals surface area contributed by atoms with Crippen molar-refractivity contribution in [3.05, 3.63) is 84.2 Å². The Kier molecular flexibility index (Phi) is 9.26. The summed E-state index contributed by atoms with van der Waals surface area (Å²) in [7, 11) is 0. The molecule has 0 aliphatic carbocycles. The van der Waals surface area contributed by atoms with E-state index >= 15 is 0 Å². The van der Waals surface area contributed by atoms with E-state index in [4.69, 9.17) is 0 Å². The summed E-state index contributed by atoms with van der Waals surface area (Å²) in [5.74, 6) is 0.432. The second-order valence-corrected chi connectivity index (χ2v) is 9.67. The summed E-state index contributed by atoms with van der Waals surface area (Å²) in [6.45, 7) is 10.5. The van der Waals surface area contributed by atoms with Crippen LogP contribution in [0, 0.1) is 0 Å². The molecule has 0 amide bonds. The molecule has 2 aromatic carbocycles. The van der Waals surface area contributed by atoms with Gasteiger partial charge in [-0.1, -0.05) is 107 Å². The highest BCUT2D eigenvalue weighted by Gasteiger charge is 2.50. The van der Waals surface area contributed by atoms with Crippen LogP contribution in [0.25, 0.3) is 0 Å². The lowest BCUT2D eigenvalue weighted by Gasteiger charge is -2.53. The van der Waals surface area contributed by atoms with Crippen molar-refractivity contribution in [3.8, 4) is 0 Å². The molecule has 2 heteroatoms.